The largest absolute Gasteiger partial charge is 0.481 e. The first-order chi connectivity index (χ1) is 9.70. The van der Waals surface area contributed by atoms with Crippen LogP contribution in [0.1, 0.15) is 39.5 Å². The molecule has 0 fully saturated rings. The zero-order valence-corrected chi connectivity index (χ0v) is 12.0. The molecule has 1 amide bonds. The van der Waals surface area contributed by atoms with Crippen molar-refractivity contribution in [1.29, 1.82) is 10.8 Å². The van der Waals surface area contributed by atoms with Crippen LogP contribution in [-0.2, 0) is 9.59 Å². The molecular formula is C12H19N5O4. The Kier molecular flexibility index (Phi) is 7.18. The minimum absolute atomic E-state index is 0.0809. The van der Waals surface area contributed by atoms with Crippen LogP contribution in [0.3, 0.4) is 0 Å². The molecule has 116 valence electrons. The summed E-state index contributed by atoms with van der Waals surface area (Å²) in [6.07, 6.45) is 1.82. The van der Waals surface area contributed by atoms with Gasteiger partial charge in [-0.1, -0.05) is 0 Å². The number of carboxylic acids is 1. The molecule has 0 aromatic rings. The van der Waals surface area contributed by atoms with E-state index in [0.717, 1.165) is 12.4 Å². The van der Waals surface area contributed by atoms with E-state index in [9.17, 15) is 14.5 Å². The van der Waals surface area contributed by atoms with E-state index < -0.39 is 23.0 Å². The second-order valence-corrected chi connectivity index (χ2v) is 5.08. The maximum atomic E-state index is 10.9. The average Bonchev–Trinajstić information content (AvgIpc) is 2.48. The number of hydrogen-bond acceptors (Lipinski definition) is 7. The fourth-order valence-electron chi connectivity index (χ4n) is 1.30. The summed E-state index contributed by atoms with van der Waals surface area (Å²) in [5.41, 5.74) is -2.19. The van der Waals surface area contributed by atoms with E-state index in [1.807, 2.05) is 0 Å². The molecular weight excluding hydrogens is 278 g/mol. The van der Waals surface area contributed by atoms with Crippen molar-refractivity contribution in [2.75, 3.05) is 0 Å². The van der Waals surface area contributed by atoms with Crippen molar-refractivity contribution in [3.63, 3.8) is 0 Å². The van der Waals surface area contributed by atoms with Crippen molar-refractivity contribution in [3.8, 4) is 0 Å². The van der Waals surface area contributed by atoms with Gasteiger partial charge in [-0.2, -0.15) is 10.2 Å². The molecule has 0 aliphatic carbocycles. The molecule has 0 aromatic carbocycles. The van der Waals surface area contributed by atoms with E-state index in [-0.39, 0.29) is 25.7 Å². The molecule has 2 unspecified atom stereocenters. The van der Waals surface area contributed by atoms with Crippen molar-refractivity contribution >= 4 is 24.3 Å². The smallest absolute Gasteiger partial charge is 0.303 e. The lowest BCUT2D eigenvalue weighted by Crippen LogP contribution is -2.29. The van der Waals surface area contributed by atoms with Gasteiger partial charge >= 0.3 is 5.97 Å². The molecule has 0 bridgehead atoms. The summed E-state index contributed by atoms with van der Waals surface area (Å²) in [5, 5.41) is 33.5. The van der Waals surface area contributed by atoms with Gasteiger partial charge in [0.15, 0.2) is 0 Å². The van der Waals surface area contributed by atoms with E-state index >= 15 is 0 Å². The van der Waals surface area contributed by atoms with Gasteiger partial charge in [-0.15, -0.1) is 4.91 Å². The van der Waals surface area contributed by atoms with Crippen LogP contribution in [0.2, 0.25) is 0 Å². The predicted molar refractivity (Wildman–Crippen MR) is 76.1 cm³/mol. The van der Waals surface area contributed by atoms with E-state index in [4.69, 9.17) is 15.9 Å². The number of nitrogens with one attached hydrogen (secondary N) is 2. The summed E-state index contributed by atoms with van der Waals surface area (Å²) in [7, 11) is 0. The third kappa shape index (κ3) is 7.14. The van der Waals surface area contributed by atoms with Gasteiger partial charge in [0, 0.05) is 30.4 Å². The molecule has 0 aromatic heterocycles. The number of rotatable bonds is 10. The van der Waals surface area contributed by atoms with Gasteiger partial charge in [-0.05, 0) is 26.7 Å². The van der Waals surface area contributed by atoms with E-state index in [0.29, 0.717) is 0 Å². The molecule has 9 heteroatoms. The Bertz CT molecular complexity index is 465. The molecule has 0 saturated carbocycles. The van der Waals surface area contributed by atoms with Gasteiger partial charge in [-0.3, -0.25) is 9.59 Å². The van der Waals surface area contributed by atoms with Crippen molar-refractivity contribution in [3.05, 3.63) is 4.91 Å². The Labute approximate surface area is 121 Å². The number of carbonyl (C=O) groups excluding carboxylic acids is 1. The lowest BCUT2D eigenvalue weighted by Gasteiger charge is -2.22. The number of azo groups is 1. The first kappa shape index (κ1) is 18.7. The topological polar surface area (TPSA) is 156 Å². The van der Waals surface area contributed by atoms with Gasteiger partial charge < -0.3 is 15.9 Å². The fraction of sp³-hybridized carbons (Fsp3) is 0.667. The maximum Gasteiger partial charge on any atom is 0.303 e. The molecule has 0 aliphatic heterocycles. The minimum Gasteiger partial charge on any atom is -0.481 e. The molecule has 0 rings (SSSR count). The van der Waals surface area contributed by atoms with Crippen LogP contribution in [0.4, 0.5) is 0 Å². The first-order valence-corrected chi connectivity index (χ1v) is 6.25. The highest BCUT2D eigenvalue weighted by Gasteiger charge is 2.27. The highest BCUT2D eigenvalue weighted by atomic mass is 16.4. The Morgan fingerprint density at radius 3 is 1.81 bits per heavy atom. The molecule has 0 aliphatic rings. The summed E-state index contributed by atoms with van der Waals surface area (Å²) >= 11 is 0. The zero-order valence-electron chi connectivity index (χ0n) is 12.0. The number of carboxylic acid groups (broad SMARTS) is 1. The highest BCUT2D eigenvalue weighted by Crippen LogP contribution is 2.22. The second kappa shape index (κ2) is 8.08. The van der Waals surface area contributed by atoms with Crippen molar-refractivity contribution in [1.82, 2.24) is 0 Å². The lowest BCUT2D eigenvalue weighted by atomic mass is 9.97. The van der Waals surface area contributed by atoms with Crippen LogP contribution in [0.15, 0.2) is 15.4 Å². The Hall–Kier alpha value is -2.32. The van der Waals surface area contributed by atoms with E-state index in [1.165, 1.54) is 0 Å². The lowest BCUT2D eigenvalue weighted by molar-refractivity contribution is -0.137. The molecule has 9 nitrogen and oxygen atoms in total. The van der Waals surface area contributed by atoms with Crippen LogP contribution in [0, 0.1) is 15.7 Å². The summed E-state index contributed by atoms with van der Waals surface area (Å²) in [6, 6.07) is 0. The van der Waals surface area contributed by atoms with Crippen LogP contribution in [0.5, 0.6) is 0 Å². The Balaban J connectivity index is 4.92. The third-order valence-corrected chi connectivity index (χ3v) is 2.92. The second-order valence-electron chi connectivity index (χ2n) is 5.08. The minimum atomic E-state index is -1.10. The first-order valence-electron chi connectivity index (χ1n) is 6.25. The molecule has 3 N–H and O–H groups in total. The maximum absolute atomic E-state index is 10.9. The van der Waals surface area contributed by atoms with Crippen molar-refractivity contribution in [2.24, 2.45) is 15.4 Å². The molecule has 0 spiro atoms. The number of carbonyl (C=O) groups is 2. The van der Waals surface area contributed by atoms with Gasteiger partial charge in [0.05, 0.1) is 0 Å². The third-order valence-electron chi connectivity index (χ3n) is 2.92. The van der Waals surface area contributed by atoms with Crippen LogP contribution in [0.25, 0.3) is 0 Å². The quantitative estimate of drug-likeness (QED) is 0.321. The van der Waals surface area contributed by atoms with Gasteiger partial charge in [0.1, 0.15) is 11.1 Å². The average molecular weight is 297 g/mol. The molecule has 0 heterocycles. The summed E-state index contributed by atoms with van der Waals surface area (Å²) in [5.74, 6) is -1.84. The monoisotopic (exact) mass is 297 g/mol. The van der Waals surface area contributed by atoms with E-state index in [2.05, 4.69) is 15.4 Å². The normalized spacial score (nSPS) is 16.7. The number of amides is 1. The van der Waals surface area contributed by atoms with Gasteiger partial charge in [0.25, 0.3) is 5.91 Å². The van der Waals surface area contributed by atoms with Crippen molar-refractivity contribution < 1.29 is 14.7 Å². The Morgan fingerprint density at radius 2 is 1.48 bits per heavy atom. The zero-order chi connectivity index (χ0) is 16.5. The molecule has 2 atom stereocenters. The summed E-state index contributed by atoms with van der Waals surface area (Å²) < 4.78 is 0. The number of hydrogen-bond donors (Lipinski definition) is 3. The number of nitrogens with zero attached hydrogens (tertiary/aromatic N) is 3. The molecule has 21 heavy (non-hydrogen) atoms. The van der Waals surface area contributed by atoms with E-state index in [1.54, 1.807) is 13.8 Å². The predicted octanol–water partition coefficient (Wildman–Crippen LogP) is 2.19. The van der Waals surface area contributed by atoms with Gasteiger partial charge in [-0.25, -0.2) is 0 Å². The Morgan fingerprint density at radius 1 is 1.05 bits per heavy atom. The van der Waals surface area contributed by atoms with Crippen LogP contribution < -0.4 is 0 Å². The fourth-order valence-corrected chi connectivity index (χ4v) is 1.30. The molecule has 0 saturated heterocycles. The number of aliphatic carboxylic acids is 1. The summed E-state index contributed by atoms with van der Waals surface area (Å²) in [4.78, 5) is 31.5. The van der Waals surface area contributed by atoms with Crippen LogP contribution >= 0.6 is 0 Å². The number of nitroso groups, excluding NO2 is 1. The summed E-state index contributed by atoms with van der Waals surface area (Å²) in [6.45, 7) is 3.10. The molecule has 0 radical (unpaired) electrons. The highest BCUT2D eigenvalue weighted by molar-refractivity contribution is 5.78. The van der Waals surface area contributed by atoms with Crippen molar-refractivity contribution in [2.45, 2.75) is 50.6 Å². The van der Waals surface area contributed by atoms with Crippen LogP contribution in [-0.4, -0.2) is 40.5 Å². The SMILES string of the molecule is CC(C=N)(CCC(=O)O)/N=N/C(C)(C=N)CCC(=O)N=O. The standard InChI is InChI=1S/C12H19N5O4/c1-11(7-13,5-3-9(18)15-21)16-17-12(2,8-14)6-4-10(19)20/h7-8,13-14H,3-6H2,1-2H3,(H,19,20)/b13-7?,14-8?,17-16+. The van der Waals surface area contributed by atoms with Gasteiger partial charge in [0.2, 0.25) is 0 Å².